The van der Waals surface area contributed by atoms with E-state index in [1.165, 1.54) is 10.4 Å². The normalized spacial score (nSPS) is 22.6. The van der Waals surface area contributed by atoms with E-state index >= 15 is 0 Å². The van der Waals surface area contributed by atoms with Crippen molar-refractivity contribution in [3.05, 3.63) is 60.7 Å². The minimum Gasteiger partial charge on any atom is -0.396 e. The van der Waals surface area contributed by atoms with Crippen LogP contribution < -0.4 is 10.4 Å². The van der Waals surface area contributed by atoms with Crippen molar-refractivity contribution in [1.82, 2.24) is 0 Å². The summed E-state index contributed by atoms with van der Waals surface area (Å²) in [5, 5.41) is 22.6. The van der Waals surface area contributed by atoms with Gasteiger partial charge in [0.2, 0.25) is 0 Å². The molecule has 2 aromatic carbocycles. The molecule has 0 radical (unpaired) electrons. The highest BCUT2D eigenvalue weighted by Crippen LogP contribution is 2.60. The molecule has 0 aromatic heterocycles. The maximum atomic E-state index is 10.1. The van der Waals surface area contributed by atoms with Crippen LogP contribution in [0.1, 0.15) is 40.0 Å². The molecule has 1 fully saturated rings. The van der Waals surface area contributed by atoms with E-state index in [4.69, 9.17) is 0 Å². The van der Waals surface area contributed by atoms with Crippen LogP contribution in [0.5, 0.6) is 0 Å². The van der Waals surface area contributed by atoms with Gasteiger partial charge < -0.3 is 10.2 Å². The summed E-state index contributed by atoms with van der Waals surface area (Å²) in [6, 6.07) is 23.3. The average molecular weight is 383 g/mol. The van der Waals surface area contributed by atoms with E-state index in [0.717, 1.165) is 25.3 Å². The molecule has 2 aromatic rings. The Hall–Kier alpha value is -1.42. The standard InChI is InChI=1S/C24H34O2Si/c1-23(2,3)27(21-11-6-4-7-12-21,22-13-8-5-9-14-22)18-20-17-24(20,19-26)15-10-16-25/h4-9,11-14,20,25-26H,10,15-19H2,1-3H3/t20-,24+/m1/s1. The number of hydrogen-bond donors (Lipinski definition) is 2. The third-order valence-corrected chi connectivity index (χ3v) is 13.2. The Kier molecular flexibility index (Phi) is 5.95. The van der Waals surface area contributed by atoms with E-state index in [-0.39, 0.29) is 23.7 Å². The monoisotopic (exact) mass is 382 g/mol. The van der Waals surface area contributed by atoms with Crippen molar-refractivity contribution < 1.29 is 10.2 Å². The van der Waals surface area contributed by atoms with E-state index in [1.807, 2.05) is 0 Å². The molecule has 1 aliphatic rings. The maximum Gasteiger partial charge on any atom is 0.123 e. The second-order valence-electron chi connectivity index (χ2n) is 9.34. The van der Waals surface area contributed by atoms with E-state index in [9.17, 15) is 10.2 Å². The van der Waals surface area contributed by atoms with E-state index in [0.29, 0.717) is 5.92 Å². The third-order valence-electron chi connectivity index (χ3n) is 6.87. The summed E-state index contributed by atoms with van der Waals surface area (Å²) in [5.41, 5.74) is 0.0236. The van der Waals surface area contributed by atoms with Crippen LogP contribution in [0.2, 0.25) is 11.1 Å². The molecule has 0 saturated heterocycles. The maximum absolute atomic E-state index is 10.1. The van der Waals surface area contributed by atoms with Gasteiger partial charge in [0, 0.05) is 13.2 Å². The molecule has 0 heterocycles. The van der Waals surface area contributed by atoms with Crippen molar-refractivity contribution in [2.24, 2.45) is 11.3 Å². The van der Waals surface area contributed by atoms with Gasteiger partial charge in [0.15, 0.2) is 0 Å². The number of aliphatic hydroxyl groups excluding tert-OH is 2. The minimum atomic E-state index is -2.07. The summed E-state index contributed by atoms with van der Waals surface area (Å²) in [6.45, 7) is 7.66. The lowest BCUT2D eigenvalue weighted by Crippen LogP contribution is -2.64. The smallest absolute Gasteiger partial charge is 0.123 e. The first-order chi connectivity index (χ1) is 12.9. The first-order valence-corrected chi connectivity index (χ1v) is 12.4. The molecule has 1 aliphatic carbocycles. The number of aliphatic hydroxyl groups is 2. The van der Waals surface area contributed by atoms with E-state index < -0.39 is 8.07 Å². The Bertz CT molecular complexity index is 684. The Morgan fingerprint density at radius 1 is 0.926 bits per heavy atom. The van der Waals surface area contributed by atoms with Crippen LogP contribution in [0.15, 0.2) is 60.7 Å². The van der Waals surface area contributed by atoms with Crippen LogP contribution in [0, 0.1) is 11.3 Å². The fraction of sp³-hybridized carbons (Fsp3) is 0.500. The lowest BCUT2D eigenvalue weighted by atomic mass is 9.99. The second-order valence-corrected chi connectivity index (χ2v) is 14.2. The van der Waals surface area contributed by atoms with Gasteiger partial charge in [0.1, 0.15) is 8.07 Å². The van der Waals surface area contributed by atoms with Gasteiger partial charge in [0.05, 0.1) is 0 Å². The highest BCUT2D eigenvalue weighted by atomic mass is 28.3. The molecule has 3 rings (SSSR count). The molecule has 0 aliphatic heterocycles. The quantitative estimate of drug-likeness (QED) is 0.682. The van der Waals surface area contributed by atoms with Crippen LogP contribution in [-0.4, -0.2) is 31.5 Å². The predicted molar refractivity (Wildman–Crippen MR) is 116 cm³/mol. The van der Waals surface area contributed by atoms with Crippen molar-refractivity contribution in [3.8, 4) is 0 Å². The molecule has 2 atom stereocenters. The van der Waals surface area contributed by atoms with Crippen molar-refractivity contribution in [2.75, 3.05) is 13.2 Å². The molecular formula is C24H34O2Si. The van der Waals surface area contributed by atoms with Crippen molar-refractivity contribution >= 4 is 18.4 Å². The van der Waals surface area contributed by atoms with Crippen LogP contribution in [0.25, 0.3) is 0 Å². The summed E-state index contributed by atoms with van der Waals surface area (Å²) in [5.74, 6) is 0.542. The number of rotatable bonds is 8. The summed E-state index contributed by atoms with van der Waals surface area (Å²) >= 11 is 0. The Balaban J connectivity index is 2.06. The largest absolute Gasteiger partial charge is 0.396 e. The Morgan fingerprint density at radius 3 is 1.85 bits per heavy atom. The van der Waals surface area contributed by atoms with Gasteiger partial charge in [0.25, 0.3) is 0 Å². The molecule has 2 nitrogen and oxygen atoms in total. The topological polar surface area (TPSA) is 40.5 Å². The van der Waals surface area contributed by atoms with Crippen LogP contribution in [0.3, 0.4) is 0 Å². The lowest BCUT2D eigenvalue weighted by Gasteiger charge is -2.45. The lowest BCUT2D eigenvalue weighted by molar-refractivity contribution is 0.176. The second kappa shape index (κ2) is 7.90. The van der Waals surface area contributed by atoms with E-state index in [2.05, 4.69) is 81.4 Å². The Labute approximate surface area is 165 Å². The molecule has 0 spiro atoms. The third kappa shape index (κ3) is 3.78. The van der Waals surface area contributed by atoms with Gasteiger partial charge in [-0.2, -0.15) is 0 Å². The molecule has 2 N–H and O–H groups in total. The fourth-order valence-electron chi connectivity index (χ4n) is 5.12. The molecule has 0 unspecified atom stereocenters. The highest BCUT2D eigenvalue weighted by Gasteiger charge is 2.59. The molecule has 1 saturated carbocycles. The molecule has 0 amide bonds. The zero-order valence-electron chi connectivity index (χ0n) is 17.0. The average Bonchev–Trinajstić information content (AvgIpc) is 3.38. The van der Waals surface area contributed by atoms with Crippen LogP contribution >= 0.6 is 0 Å². The van der Waals surface area contributed by atoms with Crippen molar-refractivity contribution in [2.45, 2.75) is 51.1 Å². The van der Waals surface area contributed by atoms with Crippen LogP contribution in [0.4, 0.5) is 0 Å². The number of hydrogen-bond acceptors (Lipinski definition) is 2. The summed E-state index contributed by atoms with van der Waals surface area (Å²) in [4.78, 5) is 0. The minimum absolute atomic E-state index is 0.0236. The van der Waals surface area contributed by atoms with E-state index in [1.54, 1.807) is 0 Å². The first-order valence-electron chi connectivity index (χ1n) is 10.2. The first kappa shape index (κ1) is 20.3. The van der Waals surface area contributed by atoms with Crippen molar-refractivity contribution in [1.29, 1.82) is 0 Å². The summed E-state index contributed by atoms with van der Waals surface area (Å²) in [6.07, 6.45) is 2.81. The molecule has 146 valence electrons. The summed E-state index contributed by atoms with van der Waals surface area (Å²) < 4.78 is 0. The Morgan fingerprint density at radius 2 is 1.44 bits per heavy atom. The highest BCUT2D eigenvalue weighted by molar-refractivity contribution is 7.04. The van der Waals surface area contributed by atoms with Gasteiger partial charge >= 0.3 is 0 Å². The van der Waals surface area contributed by atoms with Gasteiger partial charge in [-0.1, -0.05) is 91.8 Å². The summed E-state index contributed by atoms with van der Waals surface area (Å²) in [7, 11) is -2.07. The zero-order valence-corrected chi connectivity index (χ0v) is 18.0. The zero-order chi connectivity index (χ0) is 19.5. The van der Waals surface area contributed by atoms with Gasteiger partial charge in [-0.15, -0.1) is 0 Å². The van der Waals surface area contributed by atoms with Gasteiger partial charge in [-0.05, 0) is 41.7 Å². The van der Waals surface area contributed by atoms with Gasteiger partial charge in [-0.3, -0.25) is 0 Å². The molecule has 27 heavy (non-hydrogen) atoms. The van der Waals surface area contributed by atoms with Crippen molar-refractivity contribution in [3.63, 3.8) is 0 Å². The predicted octanol–water partition coefficient (Wildman–Crippen LogP) is 3.82. The number of benzene rings is 2. The fourth-order valence-corrected chi connectivity index (χ4v) is 11.1. The molecular weight excluding hydrogens is 348 g/mol. The molecule has 0 bridgehead atoms. The van der Waals surface area contributed by atoms with Crippen LogP contribution in [-0.2, 0) is 0 Å². The van der Waals surface area contributed by atoms with Gasteiger partial charge in [-0.25, -0.2) is 0 Å². The molecule has 3 heteroatoms. The SMILES string of the molecule is CC(C)(C)[Si](C[C@H]1C[C@]1(CO)CCCO)(c1ccccc1)c1ccccc1.